The fourth-order valence-corrected chi connectivity index (χ4v) is 3.87. The van der Waals surface area contributed by atoms with Crippen LogP contribution in [0.2, 0.25) is 0 Å². The van der Waals surface area contributed by atoms with Gasteiger partial charge in [-0.05, 0) is 43.3 Å². The number of rotatable bonds is 6. The minimum Gasteiger partial charge on any atom is -0.457 e. The van der Waals surface area contributed by atoms with Crippen molar-refractivity contribution in [1.82, 2.24) is 19.7 Å². The molecule has 10 nitrogen and oxygen atoms in total. The van der Waals surface area contributed by atoms with Gasteiger partial charge in [-0.1, -0.05) is 26.8 Å². The fraction of sp³-hybridized carbons (Fsp3) is 0.167. The number of nitrogens with zero attached hydrogens (tertiary/aromatic N) is 5. The van der Waals surface area contributed by atoms with E-state index in [1.165, 1.54) is 35.3 Å². The van der Waals surface area contributed by atoms with Crippen LogP contribution in [0.25, 0.3) is 17.3 Å². The Morgan fingerprint density at radius 3 is 2.59 bits per heavy atom. The maximum Gasteiger partial charge on any atom is 0.324 e. The number of hydrogen-bond acceptors (Lipinski definition) is 7. The summed E-state index contributed by atoms with van der Waals surface area (Å²) in [6, 6.07) is 17.4. The van der Waals surface area contributed by atoms with Crippen molar-refractivity contribution in [3.05, 3.63) is 95.9 Å². The van der Waals surface area contributed by atoms with Crippen LogP contribution in [0.1, 0.15) is 37.7 Å². The first kappa shape index (κ1) is 27.1. The summed E-state index contributed by atoms with van der Waals surface area (Å²) in [6.07, 6.45) is 3.05. The van der Waals surface area contributed by atoms with Crippen LogP contribution in [-0.2, 0) is 5.41 Å². The largest absolute Gasteiger partial charge is 0.457 e. The Hall–Kier alpha value is -5.50. The Morgan fingerprint density at radius 2 is 1.88 bits per heavy atom. The number of pyridine rings is 1. The maximum absolute atomic E-state index is 15.0. The van der Waals surface area contributed by atoms with Crippen LogP contribution >= 0.6 is 0 Å². The minimum atomic E-state index is -0.694. The zero-order valence-electron chi connectivity index (χ0n) is 22.8. The van der Waals surface area contributed by atoms with Crippen LogP contribution in [0.5, 0.6) is 11.5 Å². The molecule has 0 aliphatic heterocycles. The van der Waals surface area contributed by atoms with Gasteiger partial charge >= 0.3 is 6.03 Å². The molecule has 0 bridgehead atoms. The summed E-state index contributed by atoms with van der Waals surface area (Å²) in [7, 11) is 0. The van der Waals surface area contributed by atoms with Gasteiger partial charge in [-0.3, -0.25) is 10.3 Å². The summed E-state index contributed by atoms with van der Waals surface area (Å²) >= 11 is 0. The third kappa shape index (κ3) is 6.23. The van der Waals surface area contributed by atoms with Crippen molar-refractivity contribution in [2.75, 3.05) is 10.6 Å². The number of benzene rings is 2. The lowest BCUT2D eigenvalue weighted by Gasteiger charge is -2.14. The molecular weight excluding hydrogens is 525 g/mol. The SMILES string of the molecule is Cc1coc(-c2cc(Oc3ccc(NC(=O)Nc4cc(C(C)(C)C)nn4-c4cccc(C#N)c4)c(F)c3)ccn2)n1. The molecule has 5 rings (SSSR count). The molecule has 41 heavy (non-hydrogen) atoms. The van der Waals surface area contributed by atoms with Crippen molar-refractivity contribution >= 4 is 17.5 Å². The van der Waals surface area contributed by atoms with Gasteiger partial charge in [0.15, 0.2) is 0 Å². The topological polar surface area (TPSA) is 131 Å². The first-order valence-corrected chi connectivity index (χ1v) is 12.6. The van der Waals surface area contributed by atoms with E-state index in [9.17, 15) is 14.4 Å². The molecule has 11 heteroatoms. The first-order valence-electron chi connectivity index (χ1n) is 12.6. The molecule has 2 aromatic carbocycles. The average molecular weight is 552 g/mol. The van der Waals surface area contributed by atoms with Gasteiger partial charge in [0.05, 0.1) is 34.4 Å². The van der Waals surface area contributed by atoms with E-state index < -0.39 is 11.8 Å². The van der Waals surface area contributed by atoms with Crippen LogP contribution in [0.4, 0.5) is 20.7 Å². The minimum absolute atomic E-state index is 0.0471. The molecular formula is C30H26FN7O3. The average Bonchev–Trinajstić information content (AvgIpc) is 3.57. The smallest absolute Gasteiger partial charge is 0.324 e. The molecule has 0 aliphatic carbocycles. The lowest BCUT2D eigenvalue weighted by Crippen LogP contribution is -2.22. The summed E-state index contributed by atoms with van der Waals surface area (Å²) in [6.45, 7) is 7.79. The van der Waals surface area contributed by atoms with E-state index in [2.05, 4.69) is 31.8 Å². The number of urea groups is 1. The summed E-state index contributed by atoms with van der Waals surface area (Å²) < 4.78 is 27.7. The van der Waals surface area contributed by atoms with E-state index in [0.717, 1.165) is 11.4 Å². The lowest BCUT2D eigenvalue weighted by molar-refractivity contribution is 0.262. The Labute approximate surface area is 235 Å². The molecule has 2 N–H and O–H groups in total. The number of halogens is 1. The normalized spacial score (nSPS) is 11.1. The molecule has 3 heterocycles. The number of aryl methyl sites for hydroxylation is 1. The van der Waals surface area contributed by atoms with Crippen LogP contribution in [-0.4, -0.2) is 25.8 Å². The van der Waals surface area contributed by atoms with Crippen molar-refractivity contribution in [2.45, 2.75) is 33.1 Å². The van der Waals surface area contributed by atoms with Gasteiger partial charge in [0, 0.05) is 29.8 Å². The zero-order valence-corrected chi connectivity index (χ0v) is 22.8. The van der Waals surface area contributed by atoms with E-state index in [1.54, 1.807) is 49.4 Å². The number of nitrogens with one attached hydrogen (secondary N) is 2. The van der Waals surface area contributed by atoms with Gasteiger partial charge < -0.3 is 14.5 Å². The predicted octanol–water partition coefficient (Wildman–Crippen LogP) is 6.98. The van der Waals surface area contributed by atoms with Gasteiger partial charge in [-0.2, -0.15) is 10.4 Å². The number of amides is 2. The van der Waals surface area contributed by atoms with Gasteiger partial charge in [-0.15, -0.1) is 0 Å². The summed E-state index contributed by atoms with van der Waals surface area (Å²) in [4.78, 5) is 21.4. The van der Waals surface area contributed by atoms with Gasteiger partial charge in [0.1, 0.15) is 35.1 Å². The highest BCUT2D eigenvalue weighted by Gasteiger charge is 2.22. The molecule has 5 aromatic rings. The van der Waals surface area contributed by atoms with E-state index in [1.807, 2.05) is 20.8 Å². The molecule has 0 fully saturated rings. The third-order valence-electron chi connectivity index (χ3n) is 5.93. The molecule has 0 spiro atoms. The highest BCUT2D eigenvalue weighted by molar-refractivity contribution is 5.99. The Kier molecular flexibility index (Phi) is 7.22. The first-order chi connectivity index (χ1) is 19.6. The second kappa shape index (κ2) is 10.9. The quantitative estimate of drug-likeness (QED) is 0.233. The molecule has 0 unspecified atom stereocenters. The number of nitriles is 1. The van der Waals surface area contributed by atoms with Crippen molar-refractivity contribution in [3.63, 3.8) is 0 Å². The van der Waals surface area contributed by atoms with Crippen molar-refractivity contribution < 1.29 is 18.3 Å². The number of anilines is 2. The van der Waals surface area contributed by atoms with E-state index in [0.29, 0.717) is 34.4 Å². The Morgan fingerprint density at radius 1 is 1.07 bits per heavy atom. The summed E-state index contributed by atoms with van der Waals surface area (Å²) in [5.41, 5.74) is 2.60. The number of ether oxygens (including phenoxy) is 1. The summed E-state index contributed by atoms with van der Waals surface area (Å²) in [5.74, 6) is 0.642. The number of aromatic nitrogens is 4. The van der Waals surface area contributed by atoms with Gasteiger partial charge in [0.25, 0.3) is 0 Å². The molecule has 0 aliphatic rings. The monoisotopic (exact) mass is 551 g/mol. The number of oxazole rings is 1. The van der Waals surface area contributed by atoms with Crippen LogP contribution < -0.4 is 15.4 Å². The zero-order chi connectivity index (χ0) is 29.1. The van der Waals surface area contributed by atoms with Crippen LogP contribution in [0.15, 0.2) is 77.5 Å². The number of hydrogen-bond donors (Lipinski definition) is 2. The molecule has 3 aromatic heterocycles. The van der Waals surface area contributed by atoms with E-state index >= 15 is 0 Å². The molecule has 0 saturated heterocycles. The highest BCUT2D eigenvalue weighted by Crippen LogP contribution is 2.29. The van der Waals surface area contributed by atoms with Crippen LogP contribution in [0, 0.1) is 24.1 Å². The molecule has 0 radical (unpaired) electrons. The molecule has 2 amide bonds. The second-order valence-corrected chi connectivity index (χ2v) is 10.2. The van der Waals surface area contributed by atoms with E-state index in [4.69, 9.17) is 9.15 Å². The standard InChI is InChI=1S/C30H26FN7O3/c1-18-17-40-28(34-18)25-14-22(10-11-33-25)41-21-8-9-24(23(31)13-21)35-29(39)36-27-15-26(30(2,3)4)37-38(27)20-7-5-6-19(12-20)16-32/h5-15,17H,1-4H3,(H2,35,36,39). The lowest BCUT2D eigenvalue weighted by atomic mass is 9.92. The maximum atomic E-state index is 15.0. The fourth-order valence-electron chi connectivity index (χ4n) is 3.87. The number of carbonyl (C=O) groups is 1. The number of carbonyl (C=O) groups excluding carboxylic acids is 1. The summed E-state index contributed by atoms with van der Waals surface area (Å²) in [5, 5.41) is 19.2. The second-order valence-electron chi connectivity index (χ2n) is 10.2. The van der Waals surface area contributed by atoms with Crippen molar-refractivity contribution in [2.24, 2.45) is 0 Å². The van der Waals surface area contributed by atoms with Gasteiger partial charge in [0.2, 0.25) is 5.89 Å². The highest BCUT2D eigenvalue weighted by atomic mass is 19.1. The molecule has 206 valence electrons. The molecule has 0 atom stereocenters. The Balaban J connectivity index is 1.32. The Bertz CT molecular complexity index is 1780. The van der Waals surface area contributed by atoms with E-state index in [-0.39, 0.29) is 16.9 Å². The predicted molar refractivity (Wildman–Crippen MR) is 151 cm³/mol. The van der Waals surface area contributed by atoms with Crippen LogP contribution in [0.3, 0.4) is 0 Å². The van der Waals surface area contributed by atoms with Crippen molar-refractivity contribution in [3.8, 4) is 34.8 Å². The third-order valence-corrected chi connectivity index (χ3v) is 5.93. The molecule has 0 saturated carbocycles. The van der Waals surface area contributed by atoms with Gasteiger partial charge in [-0.25, -0.2) is 18.9 Å². The van der Waals surface area contributed by atoms with Crippen molar-refractivity contribution in [1.29, 1.82) is 5.26 Å².